The molecule has 2 heteroatoms. The summed E-state index contributed by atoms with van der Waals surface area (Å²) in [4.78, 5) is 5.04. The van der Waals surface area contributed by atoms with Crippen LogP contribution in [0.25, 0.3) is 0 Å². The molecular weight excluding hydrogens is 340 g/mol. The molecule has 5 atom stereocenters. The SMILES string of the molecule is C=C(C)CCC1C/C(=N\CC)C2(C)CCC3c4ccc(N)c(C)c4CCC3C12. The van der Waals surface area contributed by atoms with Crippen molar-refractivity contribution in [1.82, 2.24) is 0 Å². The predicted octanol–water partition coefficient (Wildman–Crippen LogP) is 6.48. The third-order valence-corrected chi connectivity index (χ3v) is 8.41. The van der Waals surface area contributed by atoms with Crippen molar-refractivity contribution in [1.29, 1.82) is 0 Å². The van der Waals surface area contributed by atoms with E-state index in [-0.39, 0.29) is 0 Å². The van der Waals surface area contributed by atoms with Gasteiger partial charge in [0, 0.05) is 23.4 Å². The summed E-state index contributed by atoms with van der Waals surface area (Å²) in [6.45, 7) is 14.3. The molecule has 2 fully saturated rings. The van der Waals surface area contributed by atoms with E-state index in [1.165, 1.54) is 61.8 Å². The molecule has 2 N–H and O–H groups in total. The summed E-state index contributed by atoms with van der Waals surface area (Å²) < 4.78 is 0. The molecule has 0 saturated heterocycles. The van der Waals surface area contributed by atoms with Crippen LogP contribution in [0.5, 0.6) is 0 Å². The minimum absolute atomic E-state index is 0.317. The second-order valence-corrected chi connectivity index (χ2v) is 10.0. The number of rotatable bonds is 4. The van der Waals surface area contributed by atoms with Crippen LogP contribution >= 0.6 is 0 Å². The first-order valence-electron chi connectivity index (χ1n) is 11.4. The number of allylic oxidation sites excluding steroid dienone is 1. The summed E-state index contributed by atoms with van der Waals surface area (Å²) in [5.41, 5.74) is 14.9. The fourth-order valence-electron chi connectivity index (χ4n) is 7.08. The van der Waals surface area contributed by atoms with Crippen LogP contribution in [-0.2, 0) is 6.42 Å². The van der Waals surface area contributed by atoms with Gasteiger partial charge in [-0.1, -0.05) is 18.6 Å². The van der Waals surface area contributed by atoms with E-state index >= 15 is 0 Å². The first kappa shape index (κ1) is 19.7. The first-order chi connectivity index (χ1) is 13.4. The molecule has 0 amide bonds. The smallest absolute Gasteiger partial charge is 0.0360 e. The first-order valence-corrected chi connectivity index (χ1v) is 11.4. The fraction of sp³-hybridized carbons (Fsp3) is 0.654. The van der Waals surface area contributed by atoms with Gasteiger partial charge in [-0.2, -0.15) is 0 Å². The maximum atomic E-state index is 6.24. The Labute approximate surface area is 171 Å². The molecule has 0 heterocycles. The van der Waals surface area contributed by atoms with Crippen LogP contribution in [-0.4, -0.2) is 12.3 Å². The lowest BCUT2D eigenvalue weighted by Crippen LogP contribution is -2.44. The standard InChI is InChI=1S/C26H38N2/c1-6-28-24-15-18(8-7-16(2)3)25-22-10-9-19-17(4)23(27)12-11-20(19)21(22)13-14-26(24,25)5/h11-12,18,21-22,25H,2,6-10,13-15,27H2,1,3-5H3/b28-24+. The van der Waals surface area contributed by atoms with Crippen molar-refractivity contribution < 1.29 is 0 Å². The fourth-order valence-corrected chi connectivity index (χ4v) is 7.08. The Bertz CT molecular complexity index is 805. The van der Waals surface area contributed by atoms with Crippen molar-refractivity contribution in [3.05, 3.63) is 41.0 Å². The lowest BCUT2D eigenvalue weighted by Gasteiger charge is -2.51. The third kappa shape index (κ3) is 3.04. The number of nitrogen functional groups attached to an aromatic ring is 1. The molecule has 0 radical (unpaired) electrons. The topological polar surface area (TPSA) is 38.4 Å². The van der Waals surface area contributed by atoms with E-state index in [4.69, 9.17) is 10.7 Å². The van der Waals surface area contributed by atoms with Crippen LogP contribution in [0.2, 0.25) is 0 Å². The van der Waals surface area contributed by atoms with Gasteiger partial charge in [0.25, 0.3) is 0 Å². The maximum absolute atomic E-state index is 6.24. The second-order valence-electron chi connectivity index (χ2n) is 10.0. The quantitative estimate of drug-likeness (QED) is 0.473. The van der Waals surface area contributed by atoms with Gasteiger partial charge in [0.1, 0.15) is 0 Å². The van der Waals surface area contributed by atoms with Gasteiger partial charge in [0.15, 0.2) is 0 Å². The Hall–Kier alpha value is -1.57. The molecule has 3 aliphatic carbocycles. The maximum Gasteiger partial charge on any atom is 0.0360 e. The molecule has 0 aliphatic heterocycles. The molecule has 2 saturated carbocycles. The molecule has 5 unspecified atom stereocenters. The zero-order valence-corrected chi connectivity index (χ0v) is 18.4. The van der Waals surface area contributed by atoms with E-state index in [1.54, 1.807) is 11.1 Å². The van der Waals surface area contributed by atoms with Gasteiger partial charge in [-0.3, -0.25) is 4.99 Å². The normalized spacial score (nSPS) is 35.4. The van der Waals surface area contributed by atoms with E-state index in [9.17, 15) is 0 Å². The molecule has 4 rings (SSSR count). The molecule has 28 heavy (non-hydrogen) atoms. The molecule has 1 aromatic rings. The monoisotopic (exact) mass is 378 g/mol. The number of nitrogens with zero attached hydrogens (tertiary/aromatic N) is 1. The predicted molar refractivity (Wildman–Crippen MR) is 121 cm³/mol. The lowest BCUT2D eigenvalue weighted by atomic mass is 9.53. The van der Waals surface area contributed by atoms with E-state index in [2.05, 4.69) is 46.4 Å². The van der Waals surface area contributed by atoms with Crippen molar-refractivity contribution in [2.24, 2.45) is 28.2 Å². The van der Waals surface area contributed by atoms with Crippen molar-refractivity contribution in [2.75, 3.05) is 12.3 Å². The van der Waals surface area contributed by atoms with Gasteiger partial charge in [0.05, 0.1) is 0 Å². The summed E-state index contributed by atoms with van der Waals surface area (Å²) in [7, 11) is 0. The number of aliphatic imine (C=N–C) groups is 1. The summed E-state index contributed by atoms with van der Waals surface area (Å²) in [5, 5.41) is 0. The highest BCUT2D eigenvalue weighted by molar-refractivity contribution is 5.93. The highest BCUT2D eigenvalue weighted by Crippen LogP contribution is 2.62. The summed E-state index contributed by atoms with van der Waals surface area (Å²) in [6, 6.07) is 4.51. The highest BCUT2D eigenvalue weighted by atomic mass is 14.8. The number of nitrogens with two attached hydrogens (primary N) is 1. The zero-order valence-electron chi connectivity index (χ0n) is 18.4. The largest absolute Gasteiger partial charge is 0.399 e. The number of hydrogen-bond donors (Lipinski definition) is 1. The molecule has 152 valence electrons. The van der Waals surface area contributed by atoms with Crippen LogP contribution in [0.15, 0.2) is 29.3 Å². The summed E-state index contributed by atoms with van der Waals surface area (Å²) >= 11 is 0. The van der Waals surface area contributed by atoms with Crippen LogP contribution in [0.1, 0.15) is 81.9 Å². The van der Waals surface area contributed by atoms with Gasteiger partial charge in [-0.05, 0) is 112 Å². The van der Waals surface area contributed by atoms with Gasteiger partial charge < -0.3 is 5.73 Å². The number of benzene rings is 1. The van der Waals surface area contributed by atoms with Crippen molar-refractivity contribution in [2.45, 2.75) is 78.6 Å². The molecule has 0 aromatic heterocycles. The molecule has 0 bridgehead atoms. The summed E-state index contributed by atoms with van der Waals surface area (Å²) in [5.74, 6) is 3.07. The van der Waals surface area contributed by atoms with Crippen LogP contribution in [0, 0.1) is 30.1 Å². The van der Waals surface area contributed by atoms with E-state index in [1.807, 2.05) is 0 Å². The van der Waals surface area contributed by atoms with Crippen molar-refractivity contribution in [3.63, 3.8) is 0 Å². The molecule has 3 aliphatic rings. The number of anilines is 1. The number of hydrogen-bond acceptors (Lipinski definition) is 2. The average Bonchev–Trinajstić information content (AvgIpc) is 2.95. The Morgan fingerprint density at radius 3 is 2.82 bits per heavy atom. The molecule has 1 aromatic carbocycles. The molecule has 0 spiro atoms. The van der Waals surface area contributed by atoms with Crippen LogP contribution in [0.3, 0.4) is 0 Å². The Morgan fingerprint density at radius 1 is 1.32 bits per heavy atom. The third-order valence-electron chi connectivity index (χ3n) is 8.41. The highest BCUT2D eigenvalue weighted by Gasteiger charge is 2.57. The van der Waals surface area contributed by atoms with Crippen molar-refractivity contribution in [3.8, 4) is 0 Å². The van der Waals surface area contributed by atoms with Gasteiger partial charge >= 0.3 is 0 Å². The van der Waals surface area contributed by atoms with E-state index in [0.29, 0.717) is 5.41 Å². The second kappa shape index (κ2) is 7.35. The summed E-state index contributed by atoms with van der Waals surface area (Å²) in [6.07, 6.45) is 8.81. The molecular formula is C26H38N2. The minimum Gasteiger partial charge on any atom is -0.399 e. The zero-order chi connectivity index (χ0) is 20.1. The van der Waals surface area contributed by atoms with Gasteiger partial charge in [0.2, 0.25) is 0 Å². The number of fused-ring (bicyclic) bond motifs is 5. The van der Waals surface area contributed by atoms with E-state index in [0.717, 1.165) is 35.9 Å². The molecule has 2 nitrogen and oxygen atoms in total. The lowest BCUT2D eigenvalue weighted by molar-refractivity contribution is 0.0572. The Kier molecular flexibility index (Phi) is 5.18. The van der Waals surface area contributed by atoms with Crippen molar-refractivity contribution >= 4 is 11.4 Å². The minimum atomic E-state index is 0.317. The van der Waals surface area contributed by atoms with Crippen LogP contribution in [0.4, 0.5) is 5.69 Å². The Balaban J connectivity index is 1.71. The van der Waals surface area contributed by atoms with Gasteiger partial charge in [-0.15, -0.1) is 6.58 Å². The van der Waals surface area contributed by atoms with Gasteiger partial charge in [-0.25, -0.2) is 0 Å². The van der Waals surface area contributed by atoms with E-state index < -0.39 is 0 Å². The Morgan fingerprint density at radius 2 is 2.11 bits per heavy atom. The average molecular weight is 379 g/mol. The van der Waals surface area contributed by atoms with Crippen LogP contribution < -0.4 is 5.73 Å².